The number of nitrogens with zero attached hydrogens (tertiary/aromatic N) is 1. The van der Waals surface area contributed by atoms with Crippen LogP contribution in [0.1, 0.15) is 22.5 Å². The molecule has 2 nitrogen and oxygen atoms in total. The van der Waals surface area contributed by atoms with Gasteiger partial charge in [0.05, 0.1) is 0 Å². The number of alkyl halides is 1. The fraction of sp³-hybridized carbons (Fsp3) is 0.357. The van der Waals surface area contributed by atoms with Gasteiger partial charge in [0, 0.05) is 23.6 Å². The first-order valence-electron chi connectivity index (χ1n) is 5.83. The van der Waals surface area contributed by atoms with Gasteiger partial charge in [-0.05, 0) is 37.0 Å². The summed E-state index contributed by atoms with van der Waals surface area (Å²) in [6.07, 6.45) is 5.62. The van der Waals surface area contributed by atoms with Gasteiger partial charge in [0.15, 0.2) is 0 Å². The Morgan fingerprint density at radius 3 is 2.71 bits per heavy atom. The van der Waals surface area contributed by atoms with Crippen molar-refractivity contribution in [3.8, 4) is 0 Å². The number of hydrogen-bond acceptors (Lipinski definition) is 1. The van der Waals surface area contributed by atoms with Crippen LogP contribution < -0.4 is 0 Å². The number of benzene rings is 1. The molecule has 2 aromatic rings. The van der Waals surface area contributed by atoms with Crippen LogP contribution in [0.2, 0.25) is 0 Å². The fourth-order valence-corrected chi connectivity index (χ4v) is 2.56. The van der Waals surface area contributed by atoms with Crippen molar-refractivity contribution >= 4 is 15.9 Å². The van der Waals surface area contributed by atoms with E-state index in [1.165, 1.54) is 16.7 Å². The normalized spacial score (nSPS) is 12.6. The second-order valence-corrected chi connectivity index (χ2v) is 5.75. The smallest absolute Gasteiger partial charge is 0.107 e. The van der Waals surface area contributed by atoms with Gasteiger partial charge in [0.2, 0.25) is 0 Å². The zero-order valence-electron chi connectivity index (χ0n) is 10.2. The molecule has 1 heterocycles. The lowest BCUT2D eigenvalue weighted by Crippen LogP contribution is -2.08. The zero-order chi connectivity index (χ0) is 12.3. The molecule has 0 bridgehead atoms. The number of H-pyrrole nitrogens is 1. The van der Waals surface area contributed by atoms with Crippen molar-refractivity contribution in [3.63, 3.8) is 0 Å². The summed E-state index contributed by atoms with van der Waals surface area (Å²) >= 11 is 3.72. The van der Waals surface area contributed by atoms with E-state index in [2.05, 4.69) is 57.9 Å². The minimum absolute atomic E-state index is 0.427. The van der Waals surface area contributed by atoms with Crippen LogP contribution in [0, 0.1) is 13.8 Å². The molecule has 1 unspecified atom stereocenters. The van der Waals surface area contributed by atoms with E-state index in [9.17, 15) is 0 Å². The van der Waals surface area contributed by atoms with Gasteiger partial charge in [-0.2, -0.15) is 0 Å². The monoisotopic (exact) mass is 292 g/mol. The standard InChI is InChI=1S/C14H17BrN2/c1-10-3-4-12(7-11(10)2)8-13(15)9-14-16-5-6-17-14/h3-7,13H,8-9H2,1-2H3,(H,16,17). The molecule has 0 aliphatic heterocycles. The average molecular weight is 293 g/mol. The summed E-state index contributed by atoms with van der Waals surface area (Å²) < 4.78 is 0. The molecule has 0 aliphatic carbocycles. The van der Waals surface area contributed by atoms with Crippen LogP contribution in [-0.4, -0.2) is 14.8 Å². The van der Waals surface area contributed by atoms with E-state index >= 15 is 0 Å². The lowest BCUT2D eigenvalue weighted by Gasteiger charge is -2.10. The molecule has 3 heteroatoms. The number of aromatic amines is 1. The van der Waals surface area contributed by atoms with Gasteiger partial charge in [-0.25, -0.2) is 4.98 Å². The molecule has 1 aromatic heterocycles. The van der Waals surface area contributed by atoms with Crippen LogP contribution in [0.5, 0.6) is 0 Å². The van der Waals surface area contributed by atoms with Gasteiger partial charge in [0.25, 0.3) is 0 Å². The van der Waals surface area contributed by atoms with Gasteiger partial charge in [-0.15, -0.1) is 0 Å². The Balaban J connectivity index is 1.98. The highest BCUT2D eigenvalue weighted by Gasteiger charge is 2.08. The number of rotatable bonds is 4. The largest absolute Gasteiger partial charge is 0.349 e. The van der Waals surface area contributed by atoms with E-state index in [0.29, 0.717) is 4.83 Å². The summed E-state index contributed by atoms with van der Waals surface area (Å²) in [7, 11) is 0. The maximum absolute atomic E-state index is 4.24. The predicted molar refractivity (Wildman–Crippen MR) is 74.6 cm³/mol. The molecular formula is C14H17BrN2. The Hall–Kier alpha value is -1.09. The Labute approximate surface area is 111 Å². The second kappa shape index (κ2) is 5.50. The van der Waals surface area contributed by atoms with E-state index in [1.54, 1.807) is 6.20 Å². The van der Waals surface area contributed by atoms with Gasteiger partial charge < -0.3 is 4.98 Å². The molecule has 0 spiro atoms. The van der Waals surface area contributed by atoms with Gasteiger partial charge in [-0.1, -0.05) is 34.1 Å². The Morgan fingerprint density at radius 1 is 1.24 bits per heavy atom. The third-order valence-corrected chi connectivity index (χ3v) is 3.65. The first kappa shape index (κ1) is 12.4. The second-order valence-electron chi connectivity index (χ2n) is 4.46. The summed E-state index contributed by atoms with van der Waals surface area (Å²) in [4.78, 5) is 7.80. The van der Waals surface area contributed by atoms with Crippen molar-refractivity contribution in [3.05, 3.63) is 53.1 Å². The predicted octanol–water partition coefficient (Wildman–Crippen LogP) is 3.58. The lowest BCUT2D eigenvalue weighted by molar-refractivity contribution is 0.813. The van der Waals surface area contributed by atoms with Crippen molar-refractivity contribution < 1.29 is 0 Å². The number of aryl methyl sites for hydroxylation is 2. The van der Waals surface area contributed by atoms with E-state index in [-0.39, 0.29) is 0 Å². The highest BCUT2D eigenvalue weighted by molar-refractivity contribution is 9.09. The third-order valence-electron chi connectivity index (χ3n) is 3.00. The zero-order valence-corrected chi connectivity index (χ0v) is 11.8. The Bertz CT molecular complexity index is 477. The highest BCUT2D eigenvalue weighted by Crippen LogP contribution is 2.16. The number of aromatic nitrogens is 2. The number of nitrogens with one attached hydrogen (secondary N) is 1. The van der Waals surface area contributed by atoms with E-state index in [0.717, 1.165) is 18.7 Å². The number of hydrogen-bond donors (Lipinski definition) is 1. The first-order chi connectivity index (χ1) is 8.15. The van der Waals surface area contributed by atoms with Gasteiger partial charge >= 0.3 is 0 Å². The van der Waals surface area contributed by atoms with Crippen LogP contribution in [0.4, 0.5) is 0 Å². The first-order valence-corrected chi connectivity index (χ1v) is 6.75. The van der Waals surface area contributed by atoms with Crippen molar-refractivity contribution in [2.75, 3.05) is 0 Å². The molecule has 1 aromatic carbocycles. The summed E-state index contributed by atoms with van der Waals surface area (Å²) in [6, 6.07) is 6.67. The molecule has 0 saturated carbocycles. The summed E-state index contributed by atoms with van der Waals surface area (Å²) in [5.74, 6) is 1.04. The van der Waals surface area contributed by atoms with E-state index in [4.69, 9.17) is 0 Å². The molecule has 1 N–H and O–H groups in total. The minimum Gasteiger partial charge on any atom is -0.349 e. The topological polar surface area (TPSA) is 28.7 Å². The molecule has 0 aliphatic rings. The molecule has 0 amide bonds. The van der Waals surface area contributed by atoms with Crippen LogP contribution in [0.15, 0.2) is 30.6 Å². The quantitative estimate of drug-likeness (QED) is 0.858. The Morgan fingerprint density at radius 2 is 2.06 bits per heavy atom. The molecule has 17 heavy (non-hydrogen) atoms. The molecule has 2 rings (SSSR count). The van der Waals surface area contributed by atoms with Gasteiger partial charge in [0.1, 0.15) is 5.82 Å². The van der Waals surface area contributed by atoms with Crippen LogP contribution in [0.25, 0.3) is 0 Å². The summed E-state index contributed by atoms with van der Waals surface area (Å²) in [5, 5.41) is 0. The van der Waals surface area contributed by atoms with Crippen LogP contribution in [-0.2, 0) is 12.8 Å². The van der Waals surface area contributed by atoms with Gasteiger partial charge in [-0.3, -0.25) is 0 Å². The maximum Gasteiger partial charge on any atom is 0.107 e. The summed E-state index contributed by atoms with van der Waals surface area (Å²) in [6.45, 7) is 4.31. The maximum atomic E-state index is 4.24. The molecule has 90 valence electrons. The number of imidazole rings is 1. The van der Waals surface area contributed by atoms with Crippen LogP contribution in [0.3, 0.4) is 0 Å². The van der Waals surface area contributed by atoms with Crippen molar-refractivity contribution in [2.24, 2.45) is 0 Å². The molecule has 0 fully saturated rings. The van der Waals surface area contributed by atoms with Crippen LogP contribution >= 0.6 is 15.9 Å². The third kappa shape index (κ3) is 3.43. The van der Waals surface area contributed by atoms with Crippen molar-refractivity contribution in [2.45, 2.75) is 31.5 Å². The fourth-order valence-electron chi connectivity index (χ4n) is 1.88. The average Bonchev–Trinajstić information content (AvgIpc) is 2.76. The minimum atomic E-state index is 0.427. The van der Waals surface area contributed by atoms with E-state index < -0.39 is 0 Å². The molecule has 0 saturated heterocycles. The Kier molecular flexibility index (Phi) is 4.00. The van der Waals surface area contributed by atoms with E-state index in [1.807, 2.05) is 6.20 Å². The van der Waals surface area contributed by atoms with Crippen molar-refractivity contribution in [1.29, 1.82) is 0 Å². The molecule has 1 atom stereocenters. The summed E-state index contributed by atoms with van der Waals surface area (Å²) in [5.41, 5.74) is 4.09. The SMILES string of the molecule is Cc1ccc(CC(Br)Cc2ncc[nH]2)cc1C. The lowest BCUT2D eigenvalue weighted by atomic mass is 10.0. The molecule has 0 radical (unpaired) electrons. The number of halogens is 1. The molecular weight excluding hydrogens is 276 g/mol. The van der Waals surface area contributed by atoms with Crippen molar-refractivity contribution in [1.82, 2.24) is 9.97 Å². The highest BCUT2D eigenvalue weighted by atomic mass is 79.9.